The summed E-state index contributed by atoms with van der Waals surface area (Å²) in [7, 11) is 0. The van der Waals surface area contributed by atoms with Gasteiger partial charge in [-0.25, -0.2) is 4.79 Å². The molecular formula is C19H29N5O12. The van der Waals surface area contributed by atoms with Crippen LogP contribution in [0.25, 0.3) is 0 Å². The second-order valence-electron chi connectivity index (χ2n) is 7.49. The second-order valence-corrected chi connectivity index (χ2v) is 7.49. The summed E-state index contributed by atoms with van der Waals surface area (Å²) in [6.07, 6.45) is -2.84. The largest absolute Gasteiger partial charge is 0.481 e. The number of aliphatic carboxylic acids is 3. The number of carboxylic acids is 3. The average molecular weight is 519 g/mol. The maximum atomic E-state index is 12.6. The number of aliphatic hydroxyl groups excluding tert-OH is 1. The normalized spacial score (nSPS) is 13.7. The fourth-order valence-corrected chi connectivity index (χ4v) is 2.73. The zero-order valence-electron chi connectivity index (χ0n) is 19.2. The van der Waals surface area contributed by atoms with Crippen molar-refractivity contribution in [2.45, 2.75) is 63.2 Å². The molecular weight excluding hydrogens is 490 g/mol. The van der Waals surface area contributed by atoms with E-state index in [1.54, 1.807) is 0 Å². The summed E-state index contributed by atoms with van der Waals surface area (Å²) >= 11 is 0. The molecule has 0 aromatic rings. The number of primary amides is 1. The molecule has 202 valence electrons. The first-order valence-electron chi connectivity index (χ1n) is 10.4. The molecule has 0 saturated heterocycles. The Morgan fingerprint density at radius 1 is 0.667 bits per heavy atom. The maximum Gasteiger partial charge on any atom is 0.326 e. The molecule has 0 spiro atoms. The smallest absolute Gasteiger partial charge is 0.326 e. The number of amides is 5. The highest BCUT2D eigenvalue weighted by molar-refractivity contribution is 5.95. The highest BCUT2D eigenvalue weighted by Gasteiger charge is 2.31. The Bertz CT molecular complexity index is 877. The molecule has 0 aliphatic rings. The molecule has 0 unspecified atom stereocenters. The summed E-state index contributed by atoms with van der Waals surface area (Å²) < 4.78 is 0. The molecule has 36 heavy (non-hydrogen) atoms. The van der Waals surface area contributed by atoms with E-state index in [2.05, 4.69) is 16.0 Å². The number of carboxylic acid groups (broad SMARTS) is 3. The van der Waals surface area contributed by atoms with E-state index in [1.807, 2.05) is 5.32 Å². The summed E-state index contributed by atoms with van der Waals surface area (Å²) in [6, 6.07) is -6.54. The lowest BCUT2D eigenvalue weighted by atomic mass is 10.1. The van der Waals surface area contributed by atoms with Crippen molar-refractivity contribution in [3.63, 3.8) is 0 Å². The highest BCUT2D eigenvalue weighted by atomic mass is 16.4. The lowest BCUT2D eigenvalue weighted by molar-refractivity contribution is -0.144. The van der Waals surface area contributed by atoms with E-state index < -0.39 is 104 Å². The summed E-state index contributed by atoms with van der Waals surface area (Å²) in [5.41, 5.74) is 4.93. The van der Waals surface area contributed by atoms with Crippen LogP contribution in [0.5, 0.6) is 0 Å². The van der Waals surface area contributed by atoms with Gasteiger partial charge in [0.15, 0.2) is 0 Å². The van der Waals surface area contributed by atoms with E-state index in [9.17, 15) is 43.5 Å². The molecule has 0 radical (unpaired) electrons. The fourth-order valence-electron chi connectivity index (χ4n) is 2.73. The van der Waals surface area contributed by atoms with Gasteiger partial charge in [0.2, 0.25) is 29.5 Å². The van der Waals surface area contributed by atoms with Gasteiger partial charge in [-0.1, -0.05) is 0 Å². The Hall–Kier alpha value is -4.28. The first kappa shape index (κ1) is 31.7. The number of hydrogen-bond acceptors (Lipinski definition) is 9. The molecule has 0 saturated carbocycles. The van der Waals surface area contributed by atoms with E-state index in [-0.39, 0.29) is 6.42 Å². The molecule has 5 amide bonds. The van der Waals surface area contributed by atoms with E-state index >= 15 is 0 Å². The zero-order chi connectivity index (χ0) is 28.0. The minimum absolute atomic E-state index is 0.347. The predicted molar refractivity (Wildman–Crippen MR) is 116 cm³/mol. The molecule has 10 N–H and O–H groups in total. The van der Waals surface area contributed by atoms with Crippen molar-refractivity contribution in [1.82, 2.24) is 21.3 Å². The molecule has 0 heterocycles. The van der Waals surface area contributed by atoms with Crippen molar-refractivity contribution in [3.05, 3.63) is 0 Å². The summed E-state index contributed by atoms with van der Waals surface area (Å²) in [5, 5.41) is 44.6. The number of carbonyl (C=O) groups is 8. The maximum absolute atomic E-state index is 12.6. The van der Waals surface area contributed by atoms with Crippen LogP contribution in [0.15, 0.2) is 0 Å². The monoisotopic (exact) mass is 519 g/mol. The topological polar surface area (TPSA) is 292 Å². The van der Waals surface area contributed by atoms with Crippen molar-refractivity contribution in [2.75, 3.05) is 6.61 Å². The molecule has 17 heteroatoms. The number of nitrogens with two attached hydrogens (primary N) is 1. The van der Waals surface area contributed by atoms with E-state index in [0.29, 0.717) is 0 Å². The molecule has 0 aliphatic carbocycles. The Morgan fingerprint density at radius 3 is 1.42 bits per heavy atom. The Kier molecular flexibility index (Phi) is 13.7. The SMILES string of the molecule is CC(=O)N[C@@H](CCC(=O)O)C(=O)N[C@@H](CO)C(=O)N[C@@H](CCC(=O)O)C(=O)N[C@@H](CC(N)=O)C(=O)O. The Morgan fingerprint density at radius 2 is 1.06 bits per heavy atom. The van der Waals surface area contributed by atoms with Gasteiger partial charge in [-0.3, -0.25) is 33.6 Å². The first-order valence-corrected chi connectivity index (χ1v) is 10.4. The molecule has 0 rings (SSSR count). The standard InChI is InChI=1S/C19H29N5O12/c1-8(26)21-9(2-4-14(28)29)16(32)24-12(7-25)18(34)22-10(3-5-15(30)31)17(33)23-11(19(35)36)6-13(20)27/h9-12,25H,2-7H2,1H3,(H2,20,27)(H,21,26)(H,22,34)(H,23,33)(H,24,32)(H,28,29)(H,30,31)(H,35,36)/t9-,10-,11-,12-/m0/s1. The van der Waals surface area contributed by atoms with Gasteiger partial charge in [-0.2, -0.15) is 0 Å². The van der Waals surface area contributed by atoms with E-state index in [0.717, 1.165) is 6.92 Å². The van der Waals surface area contributed by atoms with Gasteiger partial charge in [0, 0.05) is 19.8 Å². The summed E-state index contributed by atoms with van der Waals surface area (Å²) in [4.78, 5) is 92.8. The van der Waals surface area contributed by atoms with Gasteiger partial charge in [0.1, 0.15) is 24.2 Å². The minimum Gasteiger partial charge on any atom is -0.481 e. The van der Waals surface area contributed by atoms with Gasteiger partial charge in [-0.05, 0) is 12.8 Å². The third kappa shape index (κ3) is 12.8. The molecule has 4 atom stereocenters. The third-order valence-corrected chi connectivity index (χ3v) is 4.46. The van der Waals surface area contributed by atoms with Crippen molar-refractivity contribution in [2.24, 2.45) is 5.73 Å². The van der Waals surface area contributed by atoms with Gasteiger partial charge >= 0.3 is 17.9 Å². The average Bonchev–Trinajstić information content (AvgIpc) is 2.75. The molecule has 0 aromatic heterocycles. The van der Waals surface area contributed by atoms with Gasteiger partial charge in [-0.15, -0.1) is 0 Å². The molecule has 0 aromatic carbocycles. The lowest BCUT2D eigenvalue weighted by Gasteiger charge is -2.24. The van der Waals surface area contributed by atoms with Crippen LogP contribution in [0, 0.1) is 0 Å². The zero-order valence-corrected chi connectivity index (χ0v) is 19.2. The van der Waals surface area contributed by atoms with Crippen LogP contribution in [0.1, 0.15) is 39.0 Å². The molecule has 0 fully saturated rings. The van der Waals surface area contributed by atoms with E-state index in [1.165, 1.54) is 0 Å². The third-order valence-electron chi connectivity index (χ3n) is 4.46. The van der Waals surface area contributed by atoms with E-state index in [4.69, 9.17) is 21.1 Å². The van der Waals surface area contributed by atoms with Gasteiger partial charge in [0.25, 0.3) is 0 Å². The first-order chi connectivity index (χ1) is 16.7. The fraction of sp³-hybridized carbons (Fsp3) is 0.579. The summed E-state index contributed by atoms with van der Waals surface area (Å²) in [6.45, 7) is 0.0432. The highest BCUT2D eigenvalue weighted by Crippen LogP contribution is 2.03. The Balaban J connectivity index is 5.55. The lowest BCUT2D eigenvalue weighted by Crippen LogP contribution is -2.58. The van der Waals surface area contributed by atoms with Crippen LogP contribution in [-0.2, 0) is 38.4 Å². The van der Waals surface area contributed by atoms with Gasteiger partial charge < -0.3 is 47.4 Å². The quantitative estimate of drug-likeness (QED) is 0.0880. The van der Waals surface area contributed by atoms with Crippen molar-refractivity contribution in [1.29, 1.82) is 0 Å². The number of hydrogen-bond donors (Lipinski definition) is 9. The van der Waals surface area contributed by atoms with Crippen LogP contribution in [0.2, 0.25) is 0 Å². The molecule has 0 aliphatic heterocycles. The number of rotatable bonds is 17. The van der Waals surface area contributed by atoms with Crippen LogP contribution in [-0.4, -0.2) is 98.6 Å². The van der Waals surface area contributed by atoms with Crippen LogP contribution < -0.4 is 27.0 Å². The van der Waals surface area contributed by atoms with Crippen molar-refractivity contribution >= 4 is 47.4 Å². The Labute approximate surface area is 203 Å². The van der Waals surface area contributed by atoms with Crippen LogP contribution in [0.3, 0.4) is 0 Å². The predicted octanol–water partition coefficient (Wildman–Crippen LogP) is -4.37. The number of carbonyl (C=O) groups excluding carboxylic acids is 5. The van der Waals surface area contributed by atoms with Crippen LogP contribution >= 0.6 is 0 Å². The molecule has 0 bridgehead atoms. The van der Waals surface area contributed by atoms with Crippen molar-refractivity contribution in [3.8, 4) is 0 Å². The van der Waals surface area contributed by atoms with Crippen LogP contribution in [0.4, 0.5) is 0 Å². The minimum atomic E-state index is -1.78. The summed E-state index contributed by atoms with van der Waals surface area (Å²) in [5.74, 6) is -9.39. The second kappa shape index (κ2) is 15.6. The van der Waals surface area contributed by atoms with Crippen molar-refractivity contribution < 1.29 is 58.8 Å². The van der Waals surface area contributed by atoms with Gasteiger partial charge in [0.05, 0.1) is 13.0 Å². The number of aliphatic hydroxyl groups is 1. The molecule has 17 nitrogen and oxygen atoms in total. The number of nitrogens with one attached hydrogen (secondary N) is 4.